The van der Waals surface area contributed by atoms with Gasteiger partial charge in [-0.15, -0.1) is 0 Å². The molecule has 4 aliphatic rings. The van der Waals surface area contributed by atoms with Gasteiger partial charge in [0.25, 0.3) is 0 Å². The highest BCUT2D eigenvalue weighted by Crippen LogP contribution is 2.67. The fourth-order valence-corrected chi connectivity index (χ4v) is 9.50. The molecule has 1 unspecified atom stereocenters. The number of allylic oxidation sites excluding steroid dienone is 1. The molecule has 0 heterocycles. The quantitative estimate of drug-likeness (QED) is 0.348. The molecule has 0 spiro atoms. The molecule has 2 N–H and O–H groups in total. The number of carbonyl (C=O) groups is 1. The van der Waals surface area contributed by atoms with Crippen molar-refractivity contribution in [2.45, 2.75) is 136 Å². The second-order valence-corrected chi connectivity index (χ2v) is 13.7. The van der Waals surface area contributed by atoms with Crippen molar-refractivity contribution >= 4 is 5.78 Å². The van der Waals surface area contributed by atoms with E-state index >= 15 is 0 Å². The predicted molar refractivity (Wildman–Crippen MR) is 139 cm³/mol. The van der Waals surface area contributed by atoms with Crippen LogP contribution in [0.5, 0.6) is 0 Å². The first kappa shape index (κ1) is 26.4. The van der Waals surface area contributed by atoms with Crippen LogP contribution in [0.3, 0.4) is 0 Å². The molecule has 3 saturated carbocycles. The van der Waals surface area contributed by atoms with Gasteiger partial charge in [-0.3, -0.25) is 4.79 Å². The minimum atomic E-state index is -0.846. The molecule has 0 aromatic carbocycles. The van der Waals surface area contributed by atoms with Gasteiger partial charge in [-0.1, -0.05) is 52.2 Å². The first-order valence-corrected chi connectivity index (χ1v) is 14.6. The Labute approximate surface area is 209 Å². The summed E-state index contributed by atoms with van der Waals surface area (Å²) in [4.78, 5) is 12.0. The summed E-state index contributed by atoms with van der Waals surface area (Å²) in [6.45, 7) is 11.5. The SMILES string of the molecule is CCCC(=O)CC(C)(O)CCC[C@@H](C)[C@H]1CC[C@H]2[C@@H]3CC=C4C[C@@H](O)CC[C@]4(C)[C@H]3CC[C@]12C. The zero-order valence-corrected chi connectivity index (χ0v) is 22.7. The average Bonchev–Trinajstić information content (AvgIpc) is 3.11. The molecule has 0 bridgehead atoms. The highest BCUT2D eigenvalue weighted by Gasteiger charge is 2.59. The van der Waals surface area contributed by atoms with Gasteiger partial charge in [-0.2, -0.15) is 0 Å². The average molecular weight is 473 g/mol. The van der Waals surface area contributed by atoms with Crippen LogP contribution in [-0.2, 0) is 4.79 Å². The van der Waals surface area contributed by atoms with Crippen molar-refractivity contribution in [3.63, 3.8) is 0 Å². The zero-order chi connectivity index (χ0) is 24.7. The highest BCUT2D eigenvalue weighted by atomic mass is 16.3. The van der Waals surface area contributed by atoms with E-state index in [4.69, 9.17) is 0 Å². The molecule has 0 aromatic heterocycles. The Kier molecular flexibility index (Phi) is 7.76. The minimum absolute atomic E-state index is 0.119. The second kappa shape index (κ2) is 10.0. The summed E-state index contributed by atoms with van der Waals surface area (Å²) >= 11 is 0. The summed E-state index contributed by atoms with van der Waals surface area (Å²) < 4.78 is 0. The van der Waals surface area contributed by atoms with Crippen molar-refractivity contribution in [2.75, 3.05) is 0 Å². The van der Waals surface area contributed by atoms with Crippen LogP contribution in [-0.4, -0.2) is 27.7 Å². The van der Waals surface area contributed by atoms with Gasteiger partial charge >= 0.3 is 0 Å². The van der Waals surface area contributed by atoms with Crippen molar-refractivity contribution in [3.05, 3.63) is 11.6 Å². The maximum absolute atomic E-state index is 12.0. The molecular weight excluding hydrogens is 420 g/mol. The highest BCUT2D eigenvalue weighted by molar-refractivity contribution is 5.79. The van der Waals surface area contributed by atoms with Crippen LogP contribution in [0.2, 0.25) is 0 Å². The van der Waals surface area contributed by atoms with E-state index in [1.165, 1.54) is 44.9 Å². The number of rotatable bonds is 9. The van der Waals surface area contributed by atoms with Gasteiger partial charge in [-0.25, -0.2) is 0 Å². The molecule has 3 heteroatoms. The smallest absolute Gasteiger partial charge is 0.135 e. The Hall–Kier alpha value is -0.670. The summed E-state index contributed by atoms with van der Waals surface area (Å²) in [6.07, 6.45) is 16.9. The molecule has 4 rings (SSSR count). The van der Waals surface area contributed by atoms with E-state index in [0.29, 0.717) is 29.6 Å². The van der Waals surface area contributed by atoms with E-state index in [1.807, 2.05) is 13.8 Å². The van der Waals surface area contributed by atoms with Gasteiger partial charge in [0.05, 0.1) is 11.7 Å². The van der Waals surface area contributed by atoms with E-state index in [0.717, 1.165) is 55.8 Å². The Balaban J connectivity index is 1.37. The Morgan fingerprint density at radius 1 is 1.18 bits per heavy atom. The van der Waals surface area contributed by atoms with Crippen LogP contribution in [0, 0.1) is 40.4 Å². The lowest BCUT2D eigenvalue weighted by Crippen LogP contribution is -2.50. The molecule has 0 aromatic rings. The van der Waals surface area contributed by atoms with Crippen molar-refractivity contribution < 1.29 is 15.0 Å². The van der Waals surface area contributed by atoms with Crippen LogP contribution >= 0.6 is 0 Å². The van der Waals surface area contributed by atoms with Crippen LogP contribution in [0.1, 0.15) is 125 Å². The van der Waals surface area contributed by atoms with Gasteiger partial charge in [0.15, 0.2) is 0 Å². The van der Waals surface area contributed by atoms with Crippen LogP contribution in [0.25, 0.3) is 0 Å². The number of fused-ring (bicyclic) bond motifs is 5. The number of Topliss-reactive ketones (excluding diaryl/α,β-unsaturated/α-hetero) is 1. The summed E-state index contributed by atoms with van der Waals surface area (Å²) in [5, 5.41) is 21.0. The molecule has 0 aliphatic heterocycles. The Bertz CT molecular complexity index is 769. The topological polar surface area (TPSA) is 57.5 Å². The predicted octanol–water partition coefficient (Wildman–Crippen LogP) is 7.24. The fraction of sp³-hybridized carbons (Fsp3) is 0.903. The molecule has 34 heavy (non-hydrogen) atoms. The molecule has 4 aliphatic carbocycles. The Morgan fingerprint density at radius 3 is 2.68 bits per heavy atom. The summed E-state index contributed by atoms with van der Waals surface area (Å²) in [5.74, 6) is 4.15. The number of ketones is 1. The van der Waals surface area contributed by atoms with E-state index in [9.17, 15) is 15.0 Å². The zero-order valence-electron chi connectivity index (χ0n) is 22.7. The maximum Gasteiger partial charge on any atom is 0.135 e. The minimum Gasteiger partial charge on any atom is -0.393 e. The van der Waals surface area contributed by atoms with Gasteiger partial charge in [-0.05, 0) is 112 Å². The van der Waals surface area contributed by atoms with E-state index in [2.05, 4.69) is 26.8 Å². The van der Waals surface area contributed by atoms with E-state index < -0.39 is 5.60 Å². The standard InChI is InChI=1S/C31H52O3/c1-6-8-24(33)20-29(3,34)16-7-9-21(2)26-12-13-27-25-11-10-22-19-23(32)14-17-30(22,4)28(25)15-18-31(26,27)5/h10,21,23,25-28,32,34H,6-9,11-20H2,1-5H3/t21-,23+,25+,26-,27+,28+,29?,30+,31-/m1/s1. The van der Waals surface area contributed by atoms with Gasteiger partial charge in [0, 0.05) is 12.8 Å². The molecule has 3 fully saturated rings. The Morgan fingerprint density at radius 2 is 1.94 bits per heavy atom. The lowest BCUT2D eigenvalue weighted by molar-refractivity contribution is -0.123. The first-order valence-electron chi connectivity index (χ1n) is 14.6. The van der Waals surface area contributed by atoms with Crippen LogP contribution in [0.15, 0.2) is 11.6 Å². The summed E-state index contributed by atoms with van der Waals surface area (Å²) in [5.41, 5.74) is 1.51. The lowest BCUT2D eigenvalue weighted by atomic mass is 9.47. The molecule has 9 atom stereocenters. The third-order valence-corrected chi connectivity index (χ3v) is 11.3. The van der Waals surface area contributed by atoms with Crippen molar-refractivity contribution in [1.82, 2.24) is 0 Å². The third-order valence-electron chi connectivity index (χ3n) is 11.3. The molecular formula is C31H52O3. The number of carbonyl (C=O) groups excluding carboxylic acids is 1. The normalized spacial score (nSPS) is 42.1. The second-order valence-electron chi connectivity index (χ2n) is 13.7. The number of aliphatic hydroxyl groups excluding tert-OH is 1. The maximum atomic E-state index is 12.0. The third kappa shape index (κ3) is 4.95. The number of hydrogen-bond donors (Lipinski definition) is 2. The summed E-state index contributed by atoms with van der Waals surface area (Å²) in [6, 6.07) is 0. The van der Waals surface area contributed by atoms with Crippen molar-refractivity contribution in [3.8, 4) is 0 Å². The van der Waals surface area contributed by atoms with Crippen molar-refractivity contribution in [2.24, 2.45) is 40.4 Å². The number of aliphatic hydroxyl groups is 2. The fourth-order valence-electron chi connectivity index (χ4n) is 9.50. The van der Waals surface area contributed by atoms with Crippen LogP contribution < -0.4 is 0 Å². The molecule has 194 valence electrons. The monoisotopic (exact) mass is 472 g/mol. The largest absolute Gasteiger partial charge is 0.393 e. The van der Waals surface area contributed by atoms with Gasteiger partial charge in [0.1, 0.15) is 5.78 Å². The first-order chi connectivity index (χ1) is 16.0. The lowest BCUT2D eigenvalue weighted by Gasteiger charge is -2.58. The van der Waals surface area contributed by atoms with Gasteiger partial charge in [0.2, 0.25) is 0 Å². The van der Waals surface area contributed by atoms with Crippen LogP contribution in [0.4, 0.5) is 0 Å². The molecule has 0 amide bonds. The number of hydrogen-bond acceptors (Lipinski definition) is 3. The van der Waals surface area contributed by atoms with Gasteiger partial charge < -0.3 is 10.2 Å². The summed E-state index contributed by atoms with van der Waals surface area (Å²) in [7, 11) is 0. The molecule has 3 nitrogen and oxygen atoms in total. The van der Waals surface area contributed by atoms with Crippen molar-refractivity contribution in [1.29, 1.82) is 0 Å². The molecule has 0 radical (unpaired) electrons. The van der Waals surface area contributed by atoms with E-state index in [-0.39, 0.29) is 11.9 Å². The van der Waals surface area contributed by atoms with E-state index in [1.54, 1.807) is 5.57 Å². The molecule has 0 saturated heterocycles.